The van der Waals surface area contributed by atoms with E-state index in [4.69, 9.17) is 87.5 Å². The summed E-state index contributed by atoms with van der Waals surface area (Å²) in [7, 11) is 0. The third-order valence-electron chi connectivity index (χ3n) is 24.7. The van der Waals surface area contributed by atoms with E-state index in [1.165, 1.54) is 19.1 Å². The average molecular weight is 1500 g/mol. The molecule has 544 valence electrons. The Balaban J connectivity index is 0.000000207. The zero-order chi connectivity index (χ0) is 73.3. The monoisotopic (exact) mass is 1500 g/mol. The van der Waals surface area contributed by atoms with Crippen LogP contribution in [0.2, 0.25) is 20.1 Å². The average Bonchev–Trinajstić information content (AvgIpc) is 1.31. The van der Waals surface area contributed by atoms with Crippen LogP contribution in [0.4, 0.5) is 4.39 Å². The second-order valence-corrected chi connectivity index (χ2v) is 32.2. The molecule has 25 heteroatoms. The minimum absolute atomic E-state index is 0. The number of carbonyl (C=O) groups excluding carboxylic acids is 5. The molecule has 0 aliphatic heterocycles. The van der Waals surface area contributed by atoms with Crippen LogP contribution < -0.4 is 34.7 Å². The normalized spacial score (nSPS) is 35.7. The van der Waals surface area contributed by atoms with E-state index in [9.17, 15) is 44.4 Å². The number of carboxylic acid groups (broad SMARTS) is 1. The fourth-order valence-electron chi connectivity index (χ4n) is 20.1. The maximum atomic E-state index is 17.2. The predicted octanol–water partition coefficient (Wildman–Crippen LogP) is 11.9. The van der Waals surface area contributed by atoms with Crippen LogP contribution in [-0.4, -0.2) is 106 Å². The van der Waals surface area contributed by atoms with Crippen molar-refractivity contribution in [3.05, 3.63) is 143 Å². The van der Waals surface area contributed by atoms with Crippen LogP contribution in [0.25, 0.3) is 0 Å². The molecular formula is C75H96Cl5FN3NaO15. The fourth-order valence-corrected chi connectivity index (χ4v) is 21.3. The maximum absolute atomic E-state index is 17.2. The molecule has 0 spiro atoms. The zero-order valence-corrected chi connectivity index (χ0v) is 65.1. The first-order valence-corrected chi connectivity index (χ1v) is 36.4. The van der Waals surface area contributed by atoms with E-state index in [-0.39, 0.29) is 123 Å². The fraction of sp³-hybridized carbons (Fsp3) is 0.627. The SMILES string of the molecule is CC(=O)O[C@H]1C[C@@]2(C)[C@@H](C[C@@H](O)[C@H]3[C@@]4(C)CC[C@@H](O)[C@@H](C)[C@@H]4CC[C@@]32C)/C1=C(\CCC=C(C)C)C(=O)[O-].CCCC(=O)O[C@]1(C(=O)CCl)[C@@H](C)C[C@H]2[C@@H]3CCC4=CC(=O)C=C[C@]4(C)[C@@]3(F)[C@@H](O)C[C@@]21C.Clc1ccc(COC(Cn2ccnc2)c2ccc(Cl)cc2Cl)c(Cl)c1.O=[N+]([O-])O.[Na+]. The Morgan fingerprint density at radius 1 is 0.870 bits per heavy atom. The Hall–Kier alpha value is -4.22. The van der Waals surface area contributed by atoms with Crippen LogP contribution in [0.5, 0.6) is 0 Å². The number of ketones is 2. The molecule has 7 fully saturated rings. The molecule has 8 aliphatic rings. The summed E-state index contributed by atoms with van der Waals surface area (Å²) >= 11 is 30.6. The number of benzene rings is 2. The van der Waals surface area contributed by atoms with E-state index in [0.29, 0.717) is 102 Å². The summed E-state index contributed by atoms with van der Waals surface area (Å²) in [6.45, 7) is 22.6. The molecule has 2 aromatic carbocycles. The van der Waals surface area contributed by atoms with Gasteiger partial charge in [-0.15, -0.1) is 21.7 Å². The topological polar surface area (TPSA) is 278 Å². The van der Waals surface area contributed by atoms with Crippen molar-refractivity contribution in [1.82, 2.24) is 9.55 Å². The van der Waals surface area contributed by atoms with Crippen LogP contribution in [0.1, 0.15) is 183 Å². The van der Waals surface area contributed by atoms with Gasteiger partial charge in [-0.1, -0.05) is 130 Å². The Kier molecular flexibility index (Phi) is 27.5. The number of nitrogens with zero attached hydrogens (tertiary/aromatic N) is 3. The number of ether oxygens (including phenoxy) is 3. The molecule has 8 aliphatic carbocycles. The first-order chi connectivity index (χ1) is 46.3. The smallest absolute Gasteiger partial charge is 0.545 e. The van der Waals surface area contributed by atoms with Crippen molar-refractivity contribution >= 4 is 87.5 Å². The van der Waals surface area contributed by atoms with Crippen LogP contribution in [0.3, 0.4) is 0 Å². The zero-order valence-electron chi connectivity index (χ0n) is 59.3. The van der Waals surface area contributed by atoms with Gasteiger partial charge in [-0.05, 0) is 203 Å². The van der Waals surface area contributed by atoms with Gasteiger partial charge in [0.15, 0.2) is 22.8 Å². The molecule has 18 nitrogen and oxygen atoms in total. The van der Waals surface area contributed by atoms with Crippen molar-refractivity contribution in [2.75, 3.05) is 5.88 Å². The van der Waals surface area contributed by atoms with Gasteiger partial charge in [0.05, 0.1) is 49.6 Å². The number of carbonyl (C=O) groups is 5. The number of carboxylic acids is 1. The van der Waals surface area contributed by atoms with E-state index in [2.05, 4.69) is 32.7 Å². The second-order valence-electron chi connectivity index (χ2n) is 30.2. The van der Waals surface area contributed by atoms with E-state index in [0.717, 1.165) is 42.4 Å². The number of aliphatic carboxylic acids is 1. The van der Waals surface area contributed by atoms with Gasteiger partial charge in [0, 0.05) is 74.1 Å². The number of hydrogen-bond acceptors (Lipinski definition) is 15. The number of halogens is 6. The van der Waals surface area contributed by atoms with Crippen molar-refractivity contribution in [2.24, 2.45) is 68.5 Å². The summed E-state index contributed by atoms with van der Waals surface area (Å²) in [5.41, 5.74) is -1.82. The molecular weight excluding hydrogens is 1400 g/mol. The molecule has 1 unspecified atom stereocenters. The number of aliphatic hydroxyl groups is 3. The molecule has 7 saturated carbocycles. The summed E-state index contributed by atoms with van der Waals surface area (Å²) in [6.07, 6.45) is 16.3. The summed E-state index contributed by atoms with van der Waals surface area (Å²) < 4.78 is 37.1. The number of rotatable bonds is 16. The van der Waals surface area contributed by atoms with Gasteiger partial charge in [-0.2, -0.15) is 0 Å². The summed E-state index contributed by atoms with van der Waals surface area (Å²) in [5.74, 6) is -3.78. The van der Waals surface area contributed by atoms with Gasteiger partial charge in [0.1, 0.15) is 12.2 Å². The number of esters is 2. The second kappa shape index (κ2) is 33.1. The summed E-state index contributed by atoms with van der Waals surface area (Å²) in [4.78, 5) is 75.2. The van der Waals surface area contributed by atoms with Gasteiger partial charge in [-0.3, -0.25) is 19.2 Å². The van der Waals surface area contributed by atoms with Crippen molar-refractivity contribution in [3.63, 3.8) is 0 Å². The Morgan fingerprint density at radius 3 is 2.12 bits per heavy atom. The van der Waals surface area contributed by atoms with Crippen molar-refractivity contribution in [1.29, 1.82) is 0 Å². The predicted molar refractivity (Wildman–Crippen MR) is 374 cm³/mol. The third-order valence-corrected chi connectivity index (χ3v) is 26.1. The van der Waals surface area contributed by atoms with Crippen LogP contribution in [-0.2, 0) is 51.3 Å². The van der Waals surface area contributed by atoms with Crippen molar-refractivity contribution in [2.45, 2.75) is 221 Å². The minimum atomic E-state index is -1.99. The van der Waals surface area contributed by atoms with Gasteiger partial charge in [0.2, 0.25) is 0 Å². The third kappa shape index (κ3) is 15.8. The molecule has 4 N–H and O–H groups in total. The molecule has 11 rings (SSSR count). The number of aliphatic hydroxyl groups excluding tert-OH is 3. The van der Waals surface area contributed by atoms with E-state index >= 15 is 4.39 Å². The van der Waals surface area contributed by atoms with Crippen LogP contribution >= 0.6 is 58.0 Å². The summed E-state index contributed by atoms with van der Waals surface area (Å²) in [5, 5.41) is 62.4. The Morgan fingerprint density at radius 2 is 1.53 bits per heavy atom. The maximum Gasteiger partial charge on any atom is 1.00 e. The molecule has 3 aromatic rings. The van der Waals surface area contributed by atoms with Crippen molar-refractivity contribution in [3.8, 4) is 0 Å². The Labute approximate surface area is 633 Å². The van der Waals surface area contributed by atoms with Gasteiger partial charge < -0.3 is 49.2 Å². The number of imidazole rings is 1. The Bertz CT molecular complexity index is 3640. The minimum Gasteiger partial charge on any atom is -0.545 e. The molecule has 1 heterocycles. The van der Waals surface area contributed by atoms with Crippen LogP contribution in [0, 0.1) is 78.6 Å². The number of aromatic nitrogens is 2. The van der Waals surface area contributed by atoms with Gasteiger partial charge in [0.25, 0.3) is 5.09 Å². The van der Waals surface area contributed by atoms with E-state index in [1.54, 1.807) is 49.8 Å². The molecule has 1 aromatic heterocycles. The molecule has 19 atom stereocenters. The summed E-state index contributed by atoms with van der Waals surface area (Å²) in [6, 6.07) is 10.7. The standard InChI is InChI=1S/C31H48O6.C26H34ClFO5.C18H14Cl4N2O.HNO3.Na/c1-17(2)9-8-10-20(28(35)36)26-22-15-24(34)27-29(5)13-12-23(33)18(3)21(29)11-14-30(27,6)31(22,7)16-25(26)37-19(4)32;1-5-6-22(32)33-26(21(31)14-27)15(2)11-19-18-8-7-16-12-17(29)9-10-23(16,3)25(18,28)20(30)13-24(19,26)4;19-13-2-1-12(16(21)7-13)10-25-18(9-24-6-5-23-11-24)15-4-3-14(20)8-17(15)22;2-1(3)4;/h9,18,21-25,27,33-34H,8,10-16H2,1-7H3,(H,35,36);9-10,12,15,18-20,30H,5-8,11,13-14H2,1-4H3;1-8,11,18H,9-10H2;(H,2,3,4);/q;;;;+1/p-1/b26-20-;;;;/t18-,21-,22-,23+,24+,25-,27-,29-,30-,31-;15-,18-,19-,20-,23-,24-,25-,26-;;;/m00.../s1. The molecule has 0 radical (unpaired) electrons. The van der Waals surface area contributed by atoms with Gasteiger partial charge in [-0.25, -0.2) is 9.37 Å². The van der Waals surface area contributed by atoms with Crippen LogP contribution in [0.15, 0.2) is 102 Å². The molecule has 0 saturated heterocycles. The largest absolute Gasteiger partial charge is 1.00 e. The first-order valence-electron chi connectivity index (χ1n) is 34.4. The van der Waals surface area contributed by atoms with Gasteiger partial charge >= 0.3 is 41.5 Å². The van der Waals surface area contributed by atoms with E-state index < -0.39 is 69.3 Å². The number of fused-ring (bicyclic) bond motifs is 10. The molecule has 0 amide bonds. The first kappa shape index (κ1) is 83.1. The van der Waals surface area contributed by atoms with E-state index in [1.807, 2.05) is 63.6 Å². The quantitative estimate of drug-likeness (QED) is 0.0197. The van der Waals surface area contributed by atoms with Crippen molar-refractivity contribution < 1.29 is 103 Å². The number of Topliss-reactive ketones (excluding diaryl/α,β-unsaturated/α-hetero) is 1. The number of hydrogen-bond donors (Lipinski definition) is 4. The number of alkyl halides is 2. The number of allylic oxidation sites excluding steroid dienone is 6. The molecule has 0 bridgehead atoms. The molecule has 100 heavy (non-hydrogen) atoms.